The monoisotopic (exact) mass is 276 g/mol. The summed E-state index contributed by atoms with van der Waals surface area (Å²) in [6, 6.07) is 3.54. The third kappa shape index (κ3) is 2.20. The third-order valence-corrected chi connectivity index (χ3v) is 3.73. The number of piperazine rings is 1. The van der Waals surface area contributed by atoms with Crippen molar-refractivity contribution in [2.24, 2.45) is 0 Å². The molecule has 2 N–H and O–H groups in total. The average Bonchev–Trinajstić information content (AvgIpc) is 2.76. The van der Waals surface area contributed by atoms with Crippen molar-refractivity contribution in [1.82, 2.24) is 5.32 Å². The number of fused-ring (bicyclic) bond motifs is 1. The molecule has 1 amide bonds. The van der Waals surface area contributed by atoms with Crippen molar-refractivity contribution < 1.29 is 9.72 Å². The van der Waals surface area contributed by atoms with Gasteiger partial charge < -0.3 is 15.5 Å². The molecule has 0 saturated carbocycles. The maximum Gasteiger partial charge on any atom is 0.292 e. The van der Waals surface area contributed by atoms with Crippen molar-refractivity contribution in [2.45, 2.75) is 19.4 Å². The van der Waals surface area contributed by atoms with E-state index in [0.717, 1.165) is 13.1 Å². The Morgan fingerprint density at radius 2 is 2.25 bits per heavy atom. The number of carbonyl (C=O) groups is 1. The van der Waals surface area contributed by atoms with Gasteiger partial charge in [-0.3, -0.25) is 14.9 Å². The van der Waals surface area contributed by atoms with Crippen LogP contribution in [0, 0.1) is 10.1 Å². The van der Waals surface area contributed by atoms with Gasteiger partial charge >= 0.3 is 0 Å². The minimum absolute atomic E-state index is 0.0781. The van der Waals surface area contributed by atoms with Crippen LogP contribution in [0.4, 0.5) is 17.1 Å². The summed E-state index contributed by atoms with van der Waals surface area (Å²) in [5, 5.41) is 17.3. The number of rotatable bonds is 2. The summed E-state index contributed by atoms with van der Waals surface area (Å²) in [5.74, 6) is -0.111. The van der Waals surface area contributed by atoms with Gasteiger partial charge in [0.25, 0.3) is 5.69 Å². The molecule has 2 heterocycles. The predicted octanol–water partition coefficient (Wildman–Crippen LogP) is 0.887. The molecule has 7 nitrogen and oxygen atoms in total. The third-order valence-electron chi connectivity index (χ3n) is 3.73. The molecule has 7 heteroatoms. The Bertz CT molecular complexity index is 587. The summed E-state index contributed by atoms with van der Waals surface area (Å²) in [4.78, 5) is 24.3. The highest BCUT2D eigenvalue weighted by Crippen LogP contribution is 2.37. The maximum atomic E-state index is 11.4. The molecule has 3 rings (SSSR count). The van der Waals surface area contributed by atoms with Crippen LogP contribution < -0.4 is 15.5 Å². The van der Waals surface area contributed by atoms with E-state index in [4.69, 9.17) is 0 Å². The largest absolute Gasteiger partial charge is 0.363 e. The molecule has 2 aliphatic rings. The van der Waals surface area contributed by atoms with Gasteiger partial charge in [0.2, 0.25) is 5.91 Å². The normalized spacial score (nSPS) is 21.6. The minimum atomic E-state index is -0.370. The SMILES string of the molecule is CC1CN(c2cc3c(cc2[N+](=O)[O-])CC(=O)N3)CCN1. The summed E-state index contributed by atoms with van der Waals surface area (Å²) in [5.41, 5.74) is 2.06. The van der Waals surface area contributed by atoms with Crippen LogP contribution in [0.3, 0.4) is 0 Å². The number of anilines is 2. The second-order valence-corrected chi connectivity index (χ2v) is 5.28. The van der Waals surface area contributed by atoms with Gasteiger partial charge in [-0.15, -0.1) is 0 Å². The second kappa shape index (κ2) is 4.75. The smallest absolute Gasteiger partial charge is 0.292 e. The molecule has 1 atom stereocenters. The van der Waals surface area contributed by atoms with Crippen LogP contribution in [0.5, 0.6) is 0 Å². The zero-order valence-electron chi connectivity index (χ0n) is 11.2. The quantitative estimate of drug-likeness (QED) is 0.618. The van der Waals surface area contributed by atoms with E-state index in [9.17, 15) is 14.9 Å². The first kappa shape index (κ1) is 12.9. The first-order valence-electron chi connectivity index (χ1n) is 6.64. The number of benzene rings is 1. The molecular weight excluding hydrogens is 260 g/mol. The lowest BCUT2D eigenvalue weighted by atomic mass is 10.1. The predicted molar refractivity (Wildman–Crippen MR) is 75.1 cm³/mol. The van der Waals surface area contributed by atoms with Gasteiger partial charge in [0, 0.05) is 37.4 Å². The molecule has 1 aromatic carbocycles. The van der Waals surface area contributed by atoms with E-state index in [0.29, 0.717) is 23.5 Å². The molecule has 0 aliphatic carbocycles. The molecule has 0 spiro atoms. The van der Waals surface area contributed by atoms with E-state index >= 15 is 0 Å². The van der Waals surface area contributed by atoms with Gasteiger partial charge in [0.1, 0.15) is 5.69 Å². The Labute approximate surface area is 116 Å². The molecule has 20 heavy (non-hydrogen) atoms. The summed E-state index contributed by atoms with van der Waals surface area (Å²) < 4.78 is 0. The van der Waals surface area contributed by atoms with E-state index in [1.165, 1.54) is 6.07 Å². The van der Waals surface area contributed by atoms with E-state index in [1.807, 2.05) is 11.8 Å². The number of hydrogen-bond acceptors (Lipinski definition) is 5. The minimum Gasteiger partial charge on any atom is -0.363 e. The molecule has 0 aromatic heterocycles. The zero-order valence-corrected chi connectivity index (χ0v) is 11.2. The lowest BCUT2D eigenvalue weighted by Crippen LogP contribution is -2.49. The topological polar surface area (TPSA) is 87.5 Å². The van der Waals surface area contributed by atoms with Crippen molar-refractivity contribution in [1.29, 1.82) is 0 Å². The summed E-state index contributed by atoms with van der Waals surface area (Å²) >= 11 is 0. The van der Waals surface area contributed by atoms with Crippen LogP contribution >= 0.6 is 0 Å². The van der Waals surface area contributed by atoms with Crippen LogP contribution in [-0.2, 0) is 11.2 Å². The number of amides is 1. The highest BCUT2D eigenvalue weighted by molar-refractivity contribution is 6.00. The highest BCUT2D eigenvalue weighted by atomic mass is 16.6. The van der Waals surface area contributed by atoms with Gasteiger partial charge in [0.05, 0.1) is 11.3 Å². The zero-order chi connectivity index (χ0) is 14.3. The van der Waals surface area contributed by atoms with E-state index in [-0.39, 0.29) is 29.0 Å². The fourth-order valence-corrected chi connectivity index (χ4v) is 2.80. The Balaban J connectivity index is 2.02. The number of carbonyl (C=O) groups excluding carboxylic acids is 1. The van der Waals surface area contributed by atoms with Crippen molar-refractivity contribution in [2.75, 3.05) is 29.9 Å². The Morgan fingerprint density at radius 3 is 2.95 bits per heavy atom. The number of nitro benzene ring substituents is 1. The Hall–Kier alpha value is -2.15. The molecule has 0 bridgehead atoms. The second-order valence-electron chi connectivity index (χ2n) is 5.28. The first-order valence-corrected chi connectivity index (χ1v) is 6.64. The lowest BCUT2D eigenvalue weighted by Gasteiger charge is -2.33. The van der Waals surface area contributed by atoms with Crippen LogP contribution in [0.25, 0.3) is 0 Å². The summed E-state index contributed by atoms with van der Waals surface area (Å²) in [6.45, 7) is 4.28. The molecule has 2 aliphatic heterocycles. The van der Waals surface area contributed by atoms with Crippen LogP contribution in [-0.4, -0.2) is 36.5 Å². The van der Waals surface area contributed by atoms with Gasteiger partial charge in [-0.05, 0) is 18.6 Å². The molecule has 1 saturated heterocycles. The van der Waals surface area contributed by atoms with Gasteiger partial charge in [-0.2, -0.15) is 0 Å². The van der Waals surface area contributed by atoms with Crippen molar-refractivity contribution in [3.05, 3.63) is 27.8 Å². The average molecular weight is 276 g/mol. The van der Waals surface area contributed by atoms with Crippen LogP contribution in [0.15, 0.2) is 12.1 Å². The van der Waals surface area contributed by atoms with Gasteiger partial charge in [-0.1, -0.05) is 0 Å². The Morgan fingerprint density at radius 1 is 1.45 bits per heavy atom. The van der Waals surface area contributed by atoms with Gasteiger partial charge in [-0.25, -0.2) is 0 Å². The number of nitro groups is 1. The molecule has 0 radical (unpaired) electrons. The fourth-order valence-electron chi connectivity index (χ4n) is 2.80. The lowest BCUT2D eigenvalue weighted by molar-refractivity contribution is -0.384. The maximum absolute atomic E-state index is 11.4. The van der Waals surface area contributed by atoms with Crippen LogP contribution in [0.1, 0.15) is 12.5 Å². The molecule has 106 valence electrons. The molecule has 1 unspecified atom stereocenters. The van der Waals surface area contributed by atoms with Crippen LogP contribution in [0.2, 0.25) is 0 Å². The number of nitrogens with one attached hydrogen (secondary N) is 2. The fraction of sp³-hybridized carbons (Fsp3) is 0.462. The Kier molecular flexibility index (Phi) is 3.06. The summed E-state index contributed by atoms with van der Waals surface area (Å²) in [6.07, 6.45) is 0.217. The first-order chi connectivity index (χ1) is 9.54. The molecular formula is C13H16N4O3. The van der Waals surface area contributed by atoms with Gasteiger partial charge in [0.15, 0.2) is 0 Å². The number of nitrogens with zero attached hydrogens (tertiary/aromatic N) is 2. The standard InChI is InChI=1S/C13H16N4O3/c1-8-7-16(3-2-14-8)11-6-10-9(5-13(18)15-10)4-12(11)17(19)20/h4,6,8,14H,2-3,5,7H2,1H3,(H,15,18). The molecule has 1 fully saturated rings. The van der Waals surface area contributed by atoms with E-state index in [1.54, 1.807) is 6.07 Å². The number of hydrogen-bond donors (Lipinski definition) is 2. The van der Waals surface area contributed by atoms with E-state index < -0.39 is 0 Å². The van der Waals surface area contributed by atoms with Crippen molar-refractivity contribution in [3.8, 4) is 0 Å². The summed E-state index contributed by atoms with van der Waals surface area (Å²) in [7, 11) is 0. The van der Waals surface area contributed by atoms with Crippen molar-refractivity contribution >= 4 is 23.0 Å². The highest BCUT2D eigenvalue weighted by Gasteiger charge is 2.28. The van der Waals surface area contributed by atoms with E-state index in [2.05, 4.69) is 10.6 Å². The van der Waals surface area contributed by atoms with Crippen molar-refractivity contribution in [3.63, 3.8) is 0 Å². The molecule has 1 aromatic rings.